The highest BCUT2D eigenvalue weighted by Crippen LogP contribution is 2.37. The van der Waals surface area contributed by atoms with Crippen molar-refractivity contribution in [2.45, 2.75) is 45.6 Å². The second-order valence-corrected chi connectivity index (χ2v) is 5.66. The molecule has 0 radical (unpaired) electrons. The van der Waals surface area contributed by atoms with Gasteiger partial charge >= 0.3 is 0 Å². The van der Waals surface area contributed by atoms with Crippen molar-refractivity contribution in [3.05, 3.63) is 24.3 Å². The first-order valence-electron chi connectivity index (χ1n) is 6.52. The molecule has 0 aromatic heterocycles. The molecular formula is C15H23NO. The number of hydrogen-bond acceptors (Lipinski definition) is 2. The maximum Gasteiger partial charge on any atom is 0.119 e. The van der Waals surface area contributed by atoms with Gasteiger partial charge in [0.15, 0.2) is 0 Å². The minimum atomic E-state index is 0.401. The molecule has 1 unspecified atom stereocenters. The first-order chi connectivity index (χ1) is 8.12. The van der Waals surface area contributed by atoms with E-state index in [2.05, 4.69) is 31.3 Å². The van der Waals surface area contributed by atoms with Crippen molar-refractivity contribution in [2.75, 3.05) is 12.4 Å². The van der Waals surface area contributed by atoms with E-state index in [4.69, 9.17) is 4.74 Å². The summed E-state index contributed by atoms with van der Waals surface area (Å²) in [5.74, 6) is 0.915. The fourth-order valence-electron chi connectivity index (χ4n) is 2.65. The summed E-state index contributed by atoms with van der Waals surface area (Å²) in [7, 11) is 1.70. The zero-order chi connectivity index (χ0) is 12.3. The summed E-state index contributed by atoms with van der Waals surface area (Å²) < 4.78 is 5.17. The van der Waals surface area contributed by atoms with E-state index in [9.17, 15) is 0 Å². The van der Waals surface area contributed by atoms with Crippen LogP contribution in [0, 0.1) is 5.41 Å². The van der Waals surface area contributed by atoms with Gasteiger partial charge in [0.1, 0.15) is 5.75 Å². The Bertz CT molecular complexity index is 356. The van der Waals surface area contributed by atoms with E-state index in [-0.39, 0.29) is 0 Å². The lowest BCUT2D eigenvalue weighted by molar-refractivity contribution is 0.217. The number of hydrogen-bond donors (Lipinski definition) is 1. The molecule has 1 aliphatic carbocycles. The molecule has 2 rings (SSSR count). The summed E-state index contributed by atoms with van der Waals surface area (Å²) >= 11 is 0. The van der Waals surface area contributed by atoms with Crippen LogP contribution in [0.15, 0.2) is 24.3 Å². The summed E-state index contributed by atoms with van der Waals surface area (Å²) in [5, 5.41) is 3.67. The number of anilines is 1. The Kier molecular flexibility index (Phi) is 3.60. The Labute approximate surface area is 104 Å². The maximum atomic E-state index is 5.17. The van der Waals surface area contributed by atoms with Gasteiger partial charge in [0.2, 0.25) is 0 Å². The van der Waals surface area contributed by atoms with Crippen LogP contribution in [0.5, 0.6) is 5.75 Å². The summed E-state index contributed by atoms with van der Waals surface area (Å²) in [6, 6.07) is 8.81. The van der Waals surface area contributed by atoms with E-state index in [1.54, 1.807) is 7.11 Å². The van der Waals surface area contributed by atoms with Gasteiger partial charge in [-0.25, -0.2) is 0 Å². The monoisotopic (exact) mass is 233 g/mol. The van der Waals surface area contributed by atoms with E-state index in [0.717, 1.165) is 5.75 Å². The topological polar surface area (TPSA) is 21.3 Å². The van der Waals surface area contributed by atoms with Crippen LogP contribution in [0.3, 0.4) is 0 Å². The zero-order valence-electron chi connectivity index (χ0n) is 11.1. The summed E-state index contributed by atoms with van der Waals surface area (Å²) in [5.41, 5.74) is 1.60. The highest BCUT2D eigenvalue weighted by atomic mass is 16.5. The first-order valence-corrected chi connectivity index (χ1v) is 6.52. The minimum absolute atomic E-state index is 0.401. The predicted octanol–water partition coefficient (Wildman–Crippen LogP) is 4.08. The van der Waals surface area contributed by atoms with Gasteiger partial charge in [0.05, 0.1) is 7.11 Å². The molecule has 1 fully saturated rings. The summed E-state index contributed by atoms with van der Waals surface area (Å²) in [6.45, 7) is 4.74. The second kappa shape index (κ2) is 4.99. The van der Waals surface area contributed by atoms with Crippen molar-refractivity contribution >= 4 is 5.69 Å². The Morgan fingerprint density at radius 1 is 1.18 bits per heavy atom. The lowest BCUT2D eigenvalue weighted by atomic mass is 9.73. The number of rotatable bonds is 3. The van der Waals surface area contributed by atoms with Crippen molar-refractivity contribution in [2.24, 2.45) is 5.41 Å². The van der Waals surface area contributed by atoms with Gasteiger partial charge in [-0.15, -0.1) is 0 Å². The molecule has 1 N–H and O–H groups in total. The molecule has 2 heteroatoms. The Hall–Kier alpha value is -1.18. The molecular weight excluding hydrogens is 210 g/mol. The van der Waals surface area contributed by atoms with Crippen LogP contribution in [0.4, 0.5) is 5.69 Å². The zero-order valence-corrected chi connectivity index (χ0v) is 11.1. The van der Waals surface area contributed by atoms with Gasteiger partial charge in [-0.2, -0.15) is 0 Å². The van der Waals surface area contributed by atoms with Crippen molar-refractivity contribution < 1.29 is 4.74 Å². The fourth-order valence-corrected chi connectivity index (χ4v) is 2.65. The van der Waals surface area contributed by atoms with E-state index in [1.165, 1.54) is 31.4 Å². The number of ether oxygens (including phenoxy) is 1. The van der Waals surface area contributed by atoms with E-state index in [1.807, 2.05) is 12.1 Å². The Balaban J connectivity index is 2.03. The standard InChI is InChI=1S/C15H23NO/c1-15(2)11-5-4-6-14(15)16-12-7-9-13(17-3)10-8-12/h7-10,14,16H,4-6,11H2,1-3H3. The Morgan fingerprint density at radius 2 is 1.88 bits per heavy atom. The third-order valence-corrected chi connectivity index (χ3v) is 3.94. The molecule has 1 aromatic rings. The van der Waals surface area contributed by atoms with Gasteiger partial charge in [-0.1, -0.05) is 26.7 Å². The third-order valence-electron chi connectivity index (χ3n) is 3.94. The SMILES string of the molecule is COc1ccc(NC2CCCCC2(C)C)cc1. The van der Waals surface area contributed by atoms with Gasteiger partial charge < -0.3 is 10.1 Å². The van der Waals surface area contributed by atoms with Crippen LogP contribution in [-0.2, 0) is 0 Å². The number of methoxy groups -OCH3 is 1. The average molecular weight is 233 g/mol. The molecule has 0 amide bonds. The van der Waals surface area contributed by atoms with Crippen LogP contribution in [-0.4, -0.2) is 13.2 Å². The highest BCUT2D eigenvalue weighted by Gasteiger charge is 2.31. The molecule has 0 saturated heterocycles. The second-order valence-electron chi connectivity index (χ2n) is 5.66. The van der Waals surface area contributed by atoms with E-state index < -0.39 is 0 Å². The molecule has 94 valence electrons. The number of nitrogens with one attached hydrogen (secondary N) is 1. The van der Waals surface area contributed by atoms with Crippen LogP contribution in [0.1, 0.15) is 39.5 Å². The van der Waals surface area contributed by atoms with Gasteiger partial charge in [0, 0.05) is 11.7 Å². The largest absolute Gasteiger partial charge is 0.497 e. The lowest BCUT2D eigenvalue weighted by Gasteiger charge is -2.39. The quantitative estimate of drug-likeness (QED) is 0.849. The normalized spacial score (nSPS) is 23.1. The fraction of sp³-hybridized carbons (Fsp3) is 0.600. The Morgan fingerprint density at radius 3 is 2.47 bits per heavy atom. The molecule has 1 saturated carbocycles. The maximum absolute atomic E-state index is 5.17. The summed E-state index contributed by atoms with van der Waals surface area (Å²) in [4.78, 5) is 0. The summed E-state index contributed by atoms with van der Waals surface area (Å²) in [6.07, 6.45) is 5.31. The van der Waals surface area contributed by atoms with Crippen LogP contribution in [0.25, 0.3) is 0 Å². The highest BCUT2D eigenvalue weighted by molar-refractivity contribution is 5.47. The van der Waals surface area contributed by atoms with Crippen LogP contribution >= 0.6 is 0 Å². The average Bonchev–Trinajstić information content (AvgIpc) is 2.33. The molecule has 1 aliphatic rings. The van der Waals surface area contributed by atoms with Gasteiger partial charge in [0.25, 0.3) is 0 Å². The molecule has 0 heterocycles. The third kappa shape index (κ3) is 2.93. The van der Waals surface area contributed by atoms with E-state index in [0.29, 0.717) is 11.5 Å². The van der Waals surface area contributed by atoms with Gasteiger partial charge in [-0.05, 0) is 42.5 Å². The molecule has 0 aliphatic heterocycles. The molecule has 17 heavy (non-hydrogen) atoms. The number of benzene rings is 1. The smallest absolute Gasteiger partial charge is 0.119 e. The van der Waals surface area contributed by atoms with Crippen LogP contribution < -0.4 is 10.1 Å². The van der Waals surface area contributed by atoms with Gasteiger partial charge in [-0.3, -0.25) is 0 Å². The molecule has 2 nitrogen and oxygen atoms in total. The van der Waals surface area contributed by atoms with Crippen molar-refractivity contribution in [3.63, 3.8) is 0 Å². The lowest BCUT2D eigenvalue weighted by Crippen LogP contribution is -2.38. The van der Waals surface area contributed by atoms with Crippen molar-refractivity contribution in [3.8, 4) is 5.75 Å². The molecule has 0 bridgehead atoms. The van der Waals surface area contributed by atoms with Crippen molar-refractivity contribution in [1.82, 2.24) is 0 Å². The van der Waals surface area contributed by atoms with Crippen molar-refractivity contribution in [1.29, 1.82) is 0 Å². The molecule has 0 spiro atoms. The molecule has 1 atom stereocenters. The minimum Gasteiger partial charge on any atom is -0.497 e. The van der Waals surface area contributed by atoms with Crippen LogP contribution in [0.2, 0.25) is 0 Å². The van der Waals surface area contributed by atoms with E-state index >= 15 is 0 Å². The molecule has 1 aromatic carbocycles. The first kappa shape index (κ1) is 12.3. The predicted molar refractivity (Wildman–Crippen MR) is 72.7 cm³/mol.